The molecule has 5 nitrogen and oxygen atoms in total. The lowest BCUT2D eigenvalue weighted by atomic mass is 9.96. The molecule has 1 amide bonds. The summed E-state index contributed by atoms with van der Waals surface area (Å²) in [7, 11) is 0. The van der Waals surface area contributed by atoms with Gasteiger partial charge < -0.3 is 10.1 Å². The van der Waals surface area contributed by atoms with Crippen LogP contribution >= 0.6 is 0 Å². The molecule has 22 heavy (non-hydrogen) atoms. The molecular weight excluding hydrogens is 278 g/mol. The Morgan fingerprint density at radius 3 is 2.68 bits per heavy atom. The number of ether oxygens (including phenoxy) is 1. The maximum Gasteiger partial charge on any atom is 0.231 e. The highest BCUT2D eigenvalue weighted by atomic mass is 16.5. The predicted octanol–water partition coefficient (Wildman–Crippen LogP) is 2.97. The molecule has 0 aliphatic heterocycles. The zero-order valence-corrected chi connectivity index (χ0v) is 13.9. The number of rotatable bonds is 7. The second-order valence-corrected chi connectivity index (χ2v) is 6.33. The number of aryl methyl sites for hydroxylation is 1. The molecule has 1 aromatic heterocycles. The van der Waals surface area contributed by atoms with Crippen LogP contribution in [0.3, 0.4) is 0 Å². The van der Waals surface area contributed by atoms with Gasteiger partial charge in [-0.2, -0.15) is 5.26 Å². The fourth-order valence-electron chi connectivity index (χ4n) is 1.77. The first-order valence-electron chi connectivity index (χ1n) is 7.63. The quantitative estimate of drug-likeness (QED) is 0.786. The third kappa shape index (κ3) is 6.13. The van der Waals surface area contributed by atoms with Gasteiger partial charge in [0.15, 0.2) is 0 Å². The van der Waals surface area contributed by atoms with E-state index in [1.54, 1.807) is 12.1 Å². The average molecular weight is 303 g/mol. The summed E-state index contributed by atoms with van der Waals surface area (Å²) in [5.41, 5.74) is 0.954. The molecule has 120 valence electrons. The second-order valence-electron chi connectivity index (χ2n) is 6.33. The van der Waals surface area contributed by atoms with Crippen LogP contribution in [-0.2, 0) is 4.79 Å². The minimum Gasteiger partial charge on any atom is -0.477 e. The highest BCUT2D eigenvalue weighted by Crippen LogP contribution is 2.15. The fourth-order valence-corrected chi connectivity index (χ4v) is 1.77. The number of amides is 1. The molecule has 0 aliphatic carbocycles. The van der Waals surface area contributed by atoms with Gasteiger partial charge in [-0.25, -0.2) is 4.98 Å². The Labute approximate surface area is 132 Å². The van der Waals surface area contributed by atoms with E-state index >= 15 is 0 Å². The van der Waals surface area contributed by atoms with Crippen LogP contribution < -0.4 is 10.1 Å². The fraction of sp³-hybridized carbons (Fsp3) is 0.588. The molecule has 0 atom stereocenters. The van der Waals surface area contributed by atoms with Gasteiger partial charge in [0.25, 0.3) is 0 Å². The zero-order chi connectivity index (χ0) is 16.6. The van der Waals surface area contributed by atoms with Gasteiger partial charge >= 0.3 is 0 Å². The topological polar surface area (TPSA) is 75.0 Å². The van der Waals surface area contributed by atoms with Crippen LogP contribution in [0, 0.1) is 23.7 Å². The van der Waals surface area contributed by atoms with E-state index in [0.29, 0.717) is 24.6 Å². The van der Waals surface area contributed by atoms with E-state index in [4.69, 9.17) is 10.00 Å². The zero-order valence-electron chi connectivity index (χ0n) is 13.9. The summed E-state index contributed by atoms with van der Waals surface area (Å²) in [6.07, 6.45) is 2.74. The Hall–Kier alpha value is -2.09. The first-order chi connectivity index (χ1) is 10.3. The van der Waals surface area contributed by atoms with E-state index in [9.17, 15) is 4.79 Å². The molecule has 0 unspecified atom stereocenters. The highest BCUT2D eigenvalue weighted by molar-refractivity contribution is 5.81. The number of nitriles is 1. The van der Waals surface area contributed by atoms with E-state index < -0.39 is 0 Å². The predicted molar refractivity (Wildman–Crippen MR) is 85.5 cm³/mol. The summed E-state index contributed by atoms with van der Waals surface area (Å²) in [5, 5.41) is 11.9. The van der Waals surface area contributed by atoms with Crippen molar-refractivity contribution in [2.75, 3.05) is 13.2 Å². The maximum absolute atomic E-state index is 11.7. The van der Waals surface area contributed by atoms with Crippen molar-refractivity contribution in [1.29, 1.82) is 5.26 Å². The van der Waals surface area contributed by atoms with Gasteiger partial charge in [-0.15, -0.1) is 0 Å². The van der Waals surface area contributed by atoms with E-state index in [-0.39, 0.29) is 11.3 Å². The van der Waals surface area contributed by atoms with Crippen molar-refractivity contribution in [2.24, 2.45) is 5.41 Å². The SMILES string of the molecule is Cc1ccc(C#N)c(OCCCCCNC(=O)C(C)(C)C)n1. The molecule has 5 heteroatoms. The molecule has 0 spiro atoms. The molecule has 0 saturated heterocycles. The van der Waals surface area contributed by atoms with Crippen molar-refractivity contribution in [3.05, 3.63) is 23.4 Å². The molecule has 1 aromatic rings. The summed E-state index contributed by atoms with van der Waals surface area (Å²) in [6, 6.07) is 5.59. The lowest BCUT2D eigenvalue weighted by Crippen LogP contribution is -2.35. The van der Waals surface area contributed by atoms with Crippen LogP contribution in [0.5, 0.6) is 5.88 Å². The summed E-state index contributed by atoms with van der Waals surface area (Å²) < 4.78 is 5.57. The number of nitrogens with zero attached hydrogens (tertiary/aromatic N) is 2. The number of unbranched alkanes of at least 4 members (excludes halogenated alkanes) is 2. The van der Waals surface area contributed by atoms with Gasteiger partial charge in [0.05, 0.1) is 6.61 Å². The van der Waals surface area contributed by atoms with E-state index in [2.05, 4.69) is 16.4 Å². The van der Waals surface area contributed by atoms with Crippen molar-refractivity contribution in [1.82, 2.24) is 10.3 Å². The molecule has 0 fully saturated rings. The first kappa shape index (κ1) is 18.0. The van der Waals surface area contributed by atoms with E-state index in [1.165, 1.54) is 0 Å². The van der Waals surface area contributed by atoms with Crippen LogP contribution in [0.15, 0.2) is 12.1 Å². The largest absolute Gasteiger partial charge is 0.477 e. The number of pyridine rings is 1. The smallest absolute Gasteiger partial charge is 0.231 e. The van der Waals surface area contributed by atoms with Crippen molar-refractivity contribution < 1.29 is 9.53 Å². The molecule has 0 radical (unpaired) electrons. The molecule has 1 rings (SSSR count). The van der Waals surface area contributed by atoms with E-state index in [0.717, 1.165) is 25.0 Å². The normalized spacial score (nSPS) is 10.9. The summed E-state index contributed by atoms with van der Waals surface area (Å²) in [5.74, 6) is 0.481. The van der Waals surface area contributed by atoms with Crippen LogP contribution in [0.4, 0.5) is 0 Å². The lowest BCUT2D eigenvalue weighted by molar-refractivity contribution is -0.128. The first-order valence-corrected chi connectivity index (χ1v) is 7.63. The summed E-state index contributed by atoms with van der Waals surface area (Å²) in [6.45, 7) is 8.78. The molecule has 1 N–H and O–H groups in total. The van der Waals surface area contributed by atoms with Gasteiger partial charge in [0, 0.05) is 17.7 Å². The third-order valence-corrected chi connectivity index (χ3v) is 3.15. The van der Waals surface area contributed by atoms with Crippen molar-refractivity contribution >= 4 is 5.91 Å². The maximum atomic E-state index is 11.7. The monoisotopic (exact) mass is 303 g/mol. The minimum absolute atomic E-state index is 0.0753. The molecule has 0 aromatic carbocycles. The number of carbonyl (C=O) groups excluding carboxylic acids is 1. The average Bonchev–Trinajstić information content (AvgIpc) is 2.45. The summed E-state index contributed by atoms with van der Waals surface area (Å²) in [4.78, 5) is 15.9. The number of hydrogen-bond donors (Lipinski definition) is 1. The number of carbonyl (C=O) groups is 1. The third-order valence-electron chi connectivity index (χ3n) is 3.15. The van der Waals surface area contributed by atoms with Crippen LogP contribution in [0.25, 0.3) is 0 Å². The Morgan fingerprint density at radius 1 is 1.32 bits per heavy atom. The van der Waals surface area contributed by atoms with Crippen molar-refractivity contribution in [2.45, 2.75) is 47.0 Å². The Morgan fingerprint density at radius 2 is 2.05 bits per heavy atom. The van der Waals surface area contributed by atoms with Crippen molar-refractivity contribution in [3.8, 4) is 11.9 Å². The van der Waals surface area contributed by atoms with Gasteiger partial charge in [0.1, 0.15) is 11.6 Å². The van der Waals surface area contributed by atoms with Crippen LogP contribution in [-0.4, -0.2) is 24.0 Å². The van der Waals surface area contributed by atoms with Crippen LogP contribution in [0.2, 0.25) is 0 Å². The number of aromatic nitrogens is 1. The molecule has 0 saturated carbocycles. The molecule has 0 bridgehead atoms. The molecule has 1 heterocycles. The lowest BCUT2D eigenvalue weighted by Gasteiger charge is -2.17. The highest BCUT2D eigenvalue weighted by Gasteiger charge is 2.19. The Bertz CT molecular complexity index is 542. The Kier molecular flexibility index (Phi) is 6.84. The summed E-state index contributed by atoms with van der Waals surface area (Å²) >= 11 is 0. The van der Waals surface area contributed by atoms with Gasteiger partial charge in [-0.1, -0.05) is 20.8 Å². The van der Waals surface area contributed by atoms with Crippen LogP contribution in [0.1, 0.15) is 51.3 Å². The Balaban J connectivity index is 2.20. The minimum atomic E-state index is -0.340. The van der Waals surface area contributed by atoms with E-state index in [1.807, 2.05) is 27.7 Å². The van der Waals surface area contributed by atoms with Crippen molar-refractivity contribution in [3.63, 3.8) is 0 Å². The standard InChI is InChI=1S/C17H25N3O2/c1-13-8-9-14(12-18)15(20-13)22-11-7-5-6-10-19-16(21)17(2,3)4/h8-9H,5-7,10-11H2,1-4H3,(H,19,21). The number of hydrogen-bond acceptors (Lipinski definition) is 4. The second kappa shape index (κ2) is 8.38. The van der Waals surface area contributed by atoms with Gasteiger partial charge in [-0.05, 0) is 38.3 Å². The molecular formula is C17H25N3O2. The van der Waals surface area contributed by atoms with Gasteiger partial charge in [-0.3, -0.25) is 4.79 Å². The van der Waals surface area contributed by atoms with Gasteiger partial charge in [0.2, 0.25) is 11.8 Å². The molecule has 0 aliphatic rings. The number of nitrogens with one attached hydrogen (secondary N) is 1.